The van der Waals surface area contributed by atoms with Crippen LogP contribution in [0.3, 0.4) is 0 Å². The standard InChI is InChI=1S/C18H20ClN3O2/c1-12-4-3-7-22(11-12)18(23)14-8-16(19)17(21-9-14)24-15-6-5-13(2)20-10-15/h5-6,8-10,12H,3-4,7,11H2,1-2H3. The number of ether oxygens (including phenoxy) is 1. The number of piperidine rings is 1. The summed E-state index contributed by atoms with van der Waals surface area (Å²) in [6, 6.07) is 5.26. The van der Waals surface area contributed by atoms with E-state index in [0.29, 0.717) is 22.3 Å². The molecule has 1 unspecified atom stereocenters. The number of rotatable bonds is 3. The average molecular weight is 346 g/mol. The maximum absolute atomic E-state index is 12.6. The Balaban J connectivity index is 1.74. The Morgan fingerprint density at radius 1 is 1.33 bits per heavy atom. The summed E-state index contributed by atoms with van der Waals surface area (Å²) in [6.45, 7) is 5.63. The van der Waals surface area contributed by atoms with Gasteiger partial charge in [0.05, 0.1) is 11.8 Å². The summed E-state index contributed by atoms with van der Waals surface area (Å²) in [6.07, 6.45) is 5.34. The van der Waals surface area contributed by atoms with Crippen LogP contribution in [-0.2, 0) is 0 Å². The van der Waals surface area contributed by atoms with Gasteiger partial charge in [-0.3, -0.25) is 9.78 Å². The second-order valence-corrected chi connectivity index (χ2v) is 6.65. The van der Waals surface area contributed by atoms with Crippen LogP contribution in [0.4, 0.5) is 0 Å². The molecule has 0 N–H and O–H groups in total. The fourth-order valence-electron chi connectivity index (χ4n) is 2.80. The Kier molecular flexibility index (Phi) is 5.00. The van der Waals surface area contributed by atoms with E-state index in [2.05, 4.69) is 16.9 Å². The molecule has 3 heterocycles. The normalized spacial score (nSPS) is 17.6. The number of hydrogen-bond donors (Lipinski definition) is 0. The molecule has 1 aliphatic heterocycles. The van der Waals surface area contributed by atoms with Gasteiger partial charge in [0.15, 0.2) is 0 Å². The van der Waals surface area contributed by atoms with Gasteiger partial charge in [-0.2, -0.15) is 0 Å². The third-order valence-corrected chi connectivity index (χ3v) is 4.37. The minimum absolute atomic E-state index is 0.0282. The molecule has 1 saturated heterocycles. The van der Waals surface area contributed by atoms with Crippen molar-refractivity contribution in [2.75, 3.05) is 13.1 Å². The number of carbonyl (C=O) groups excluding carboxylic acids is 1. The van der Waals surface area contributed by atoms with Gasteiger partial charge in [0.1, 0.15) is 10.8 Å². The van der Waals surface area contributed by atoms with Crippen LogP contribution in [0.15, 0.2) is 30.6 Å². The van der Waals surface area contributed by atoms with Gasteiger partial charge in [-0.15, -0.1) is 0 Å². The highest BCUT2D eigenvalue weighted by atomic mass is 35.5. The molecule has 1 amide bonds. The molecule has 0 bridgehead atoms. The smallest absolute Gasteiger partial charge is 0.255 e. The van der Waals surface area contributed by atoms with E-state index in [1.54, 1.807) is 18.3 Å². The molecule has 24 heavy (non-hydrogen) atoms. The van der Waals surface area contributed by atoms with Crippen molar-refractivity contribution in [3.8, 4) is 11.6 Å². The summed E-state index contributed by atoms with van der Waals surface area (Å²) < 4.78 is 5.63. The van der Waals surface area contributed by atoms with Gasteiger partial charge >= 0.3 is 0 Å². The van der Waals surface area contributed by atoms with Gasteiger partial charge in [0, 0.05) is 25.0 Å². The third-order valence-electron chi connectivity index (χ3n) is 4.10. The molecule has 1 atom stereocenters. The quantitative estimate of drug-likeness (QED) is 0.840. The van der Waals surface area contributed by atoms with E-state index >= 15 is 0 Å². The molecule has 2 aromatic rings. The number of pyridine rings is 2. The van der Waals surface area contributed by atoms with Gasteiger partial charge in [0.2, 0.25) is 5.88 Å². The fraction of sp³-hybridized carbons (Fsp3) is 0.389. The number of likely N-dealkylation sites (tertiary alicyclic amines) is 1. The fourth-order valence-corrected chi connectivity index (χ4v) is 3.01. The molecule has 0 spiro atoms. The molecule has 0 aliphatic carbocycles. The van der Waals surface area contributed by atoms with Gasteiger partial charge in [-0.05, 0) is 43.9 Å². The first-order valence-electron chi connectivity index (χ1n) is 8.08. The molecular weight excluding hydrogens is 326 g/mol. The highest BCUT2D eigenvalue weighted by Gasteiger charge is 2.23. The first-order valence-corrected chi connectivity index (χ1v) is 8.46. The van der Waals surface area contributed by atoms with Crippen molar-refractivity contribution in [3.05, 3.63) is 46.9 Å². The largest absolute Gasteiger partial charge is 0.436 e. The van der Waals surface area contributed by atoms with Crippen molar-refractivity contribution >= 4 is 17.5 Å². The zero-order chi connectivity index (χ0) is 17.1. The van der Waals surface area contributed by atoms with Crippen LogP contribution in [0, 0.1) is 12.8 Å². The van der Waals surface area contributed by atoms with Crippen LogP contribution in [0.25, 0.3) is 0 Å². The molecular formula is C18H20ClN3O2. The highest BCUT2D eigenvalue weighted by molar-refractivity contribution is 6.32. The van der Waals surface area contributed by atoms with Crippen LogP contribution < -0.4 is 4.74 Å². The maximum Gasteiger partial charge on any atom is 0.255 e. The summed E-state index contributed by atoms with van der Waals surface area (Å²) in [4.78, 5) is 22.8. The molecule has 1 aliphatic rings. The van der Waals surface area contributed by atoms with E-state index in [0.717, 1.165) is 25.2 Å². The van der Waals surface area contributed by atoms with E-state index in [9.17, 15) is 4.79 Å². The van der Waals surface area contributed by atoms with Crippen molar-refractivity contribution in [1.82, 2.24) is 14.9 Å². The molecule has 0 radical (unpaired) electrons. The van der Waals surface area contributed by atoms with Crippen LogP contribution in [-0.4, -0.2) is 33.9 Å². The third kappa shape index (κ3) is 3.85. The van der Waals surface area contributed by atoms with Crippen LogP contribution in [0.1, 0.15) is 35.8 Å². The zero-order valence-electron chi connectivity index (χ0n) is 13.8. The average Bonchev–Trinajstić information content (AvgIpc) is 2.58. The summed E-state index contributed by atoms with van der Waals surface area (Å²) in [5, 5.41) is 0.312. The van der Waals surface area contributed by atoms with Gasteiger partial charge < -0.3 is 9.64 Å². The predicted octanol–water partition coefficient (Wildman–Crippen LogP) is 4.10. The van der Waals surface area contributed by atoms with Crippen molar-refractivity contribution < 1.29 is 9.53 Å². The van der Waals surface area contributed by atoms with E-state index in [-0.39, 0.29) is 11.8 Å². The van der Waals surface area contributed by atoms with E-state index in [1.165, 1.54) is 12.6 Å². The van der Waals surface area contributed by atoms with Gasteiger partial charge in [0.25, 0.3) is 5.91 Å². The number of amides is 1. The Labute approximate surface area is 146 Å². The predicted molar refractivity (Wildman–Crippen MR) is 92.6 cm³/mol. The van der Waals surface area contributed by atoms with E-state index in [4.69, 9.17) is 16.3 Å². The Morgan fingerprint density at radius 2 is 2.17 bits per heavy atom. The monoisotopic (exact) mass is 345 g/mol. The number of nitrogens with zero attached hydrogens (tertiary/aromatic N) is 3. The lowest BCUT2D eigenvalue weighted by Gasteiger charge is -2.31. The number of aromatic nitrogens is 2. The molecule has 3 rings (SSSR count). The first-order chi connectivity index (χ1) is 11.5. The number of aryl methyl sites for hydroxylation is 1. The van der Waals surface area contributed by atoms with Crippen LogP contribution in [0.5, 0.6) is 11.6 Å². The van der Waals surface area contributed by atoms with E-state index < -0.39 is 0 Å². The van der Waals surface area contributed by atoms with Crippen LogP contribution in [0.2, 0.25) is 5.02 Å². The van der Waals surface area contributed by atoms with Crippen molar-refractivity contribution in [1.29, 1.82) is 0 Å². The second kappa shape index (κ2) is 7.18. The molecule has 5 nitrogen and oxygen atoms in total. The van der Waals surface area contributed by atoms with Crippen molar-refractivity contribution in [2.45, 2.75) is 26.7 Å². The number of carbonyl (C=O) groups is 1. The number of halogens is 1. The SMILES string of the molecule is Cc1ccc(Oc2ncc(C(=O)N3CCCC(C)C3)cc2Cl)cn1. The topological polar surface area (TPSA) is 55.3 Å². The molecule has 6 heteroatoms. The molecule has 126 valence electrons. The maximum atomic E-state index is 12.6. The Bertz CT molecular complexity index is 734. The zero-order valence-corrected chi connectivity index (χ0v) is 14.6. The highest BCUT2D eigenvalue weighted by Crippen LogP contribution is 2.28. The lowest BCUT2D eigenvalue weighted by atomic mass is 10.00. The summed E-state index contributed by atoms with van der Waals surface area (Å²) in [7, 11) is 0. The van der Waals surface area contributed by atoms with Crippen LogP contribution >= 0.6 is 11.6 Å². The lowest BCUT2D eigenvalue weighted by molar-refractivity contribution is 0.0682. The van der Waals surface area contributed by atoms with Crippen molar-refractivity contribution in [3.63, 3.8) is 0 Å². The molecule has 1 fully saturated rings. The summed E-state index contributed by atoms with van der Waals surface area (Å²) in [5.74, 6) is 1.33. The summed E-state index contributed by atoms with van der Waals surface area (Å²) >= 11 is 6.24. The van der Waals surface area contributed by atoms with Gasteiger partial charge in [-0.25, -0.2) is 4.98 Å². The second-order valence-electron chi connectivity index (χ2n) is 6.25. The number of hydrogen-bond acceptors (Lipinski definition) is 4. The van der Waals surface area contributed by atoms with Crippen molar-refractivity contribution in [2.24, 2.45) is 5.92 Å². The minimum Gasteiger partial charge on any atom is -0.436 e. The minimum atomic E-state index is -0.0282. The lowest BCUT2D eigenvalue weighted by Crippen LogP contribution is -2.39. The first kappa shape index (κ1) is 16.7. The Morgan fingerprint density at radius 3 is 2.83 bits per heavy atom. The van der Waals surface area contributed by atoms with Gasteiger partial charge in [-0.1, -0.05) is 18.5 Å². The van der Waals surface area contributed by atoms with E-state index in [1.807, 2.05) is 17.9 Å². The molecule has 0 aromatic carbocycles. The Hall–Kier alpha value is -2.14. The summed E-state index contributed by atoms with van der Waals surface area (Å²) in [5.41, 5.74) is 1.39. The molecule has 2 aromatic heterocycles. The molecule has 0 saturated carbocycles.